The van der Waals surface area contributed by atoms with Gasteiger partial charge in [0.15, 0.2) is 0 Å². The fourth-order valence-corrected chi connectivity index (χ4v) is 3.31. The van der Waals surface area contributed by atoms with Crippen LogP contribution in [0.15, 0.2) is 30.3 Å². The Morgan fingerprint density at radius 1 is 1.32 bits per heavy atom. The molecule has 0 spiro atoms. The molecule has 1 aliphatic rings. The second-order valence-electron chi connectivity index (χ2n) is 6.37. The molecule has 0 unspecified atom stereocenters. The van der Waals surface area contributed by atoms with Crippen molar-refractivity contribution >= 4 is 23.5 Å². The molecule has 2 heterocycles. The van der Waals surface area contributed by atoms with Crippen LogP contribution in [0.3, 0.4) is 0 Å². The van der Waals surface area contributed by atoms with Gasteiger partial charge in [-0.1, -0.05) is 23.7 Å². The number of nitrogens with one attached hydrogen (secondary N) is 1. The zero-order chi connectivity index (χ0) is 17.8. The lowest BCUT2D eigenvalue weighted by Gasteiger charge is -2.32. The van der Waals surface area contributed by atoms with E-state index in [1.54, 1.807) is 23.1 Å². The van der Waals surface area contributed by atoms with Gasteiger partial charge in [-0.2, -0.15) is 5.10 Å². The molecular weight excluding hydrogens is 342 g/mol. The lowest BCUT2D eigenvalue weighted by atomic mass is 9.93. The highest BCUT2D eigenvalue weighted by Gasteiger charge is 2.26. The summed E-state index contributed by atoms with van der Waals surface area (Å²) in [5, 5.41) is 16.5. The second kappa shape index (κ2) is 7.70. The number of amides is 1. The largest absolute Gasteiger partial charge is 0.481 e. The van der Waals surface area contributed by atoms with Gasteiger partial charge in [0.05, 0.1) is 5.69 Å². The predicted molar refractivity (Wildman–Crippen MR) is 94.5 cm³/mol. The molecule has 6 nitrogen and oxygen atoms in total. The quantitative estimate of drug-likeness (QED) is 0.854. The van der Waals surface area contributed by atoms with Gasteiger partial charge in [0.25, 0.3) is 5.91 Å². The summed E-state index contributed by atoms with van der Waals surface area (Å²) in [5.74, 6) is -0.634. The van der Waals surface area contributed by atoms with E-state index < -0.39 is 5.97 Å². The number of carboxylic acid groups (broad SMARTS) is 1. The van der Waals surface area contributed by atoms with Gasteiger partial charge >= 0.3 is 5.97 Å². The molecule has 2 N–H and O–H groups in total. The maximum atomic E-state index is 12.7. The molecule has 0 radical (unpaired) electrons. The summed E-state index contributed by atoms with van der Waals surface area (Å²) < 4.78 is 0. The summed E-state index contributed by atoms with van der Waals surface area (Å²) in [4.78, 5) is 25.2. The second-order valence-corrected chi connectivity index (χ2v) is 6.80. The normalized spacial score (nSPS) is 17.5. The molecule has 2 aromatic rings. The molecule has 25 heavy (non-hydrogen) atoms. The van der Waals surface area contributed by atoms with E-state index in [1.165, 1.54) is 0 Å². The van der Waals surface area contributed by atoms with E-state index in [1.807, 2.05) is 12.1 Å². The van der Waals surface area contributed by atoms with Gasteiger partial charge in [-0.3, -0.25) is 14.7 Å². The third-order valence-electron chi connectivity index (χ3n) is 4.52. The molecule has 1 aliphatic heterocycles. The topological polar surface area (TPSA) is 86.3 Å². The molecule has 0 bridgehead atoms. The van der Waals surface area contributed by atoms with Crippen molar-refractivity contribution in [2.75, 3.05) is 13.1 Å². The molecule has 1 amide bonds. The highest BCUT2D eigenvalue weighted by atomic mass is 35.5. The zero-order valence-electron chi connectivity index (χ0n) is 13.7. The van der Waals surface area contributed by atoms with Crippen LogP contribution in [0.25, 0.3) is 11.3 Å². The number of aliphatic carboxylic acids is 1. The number of H-pyrrole nitrogens is 1. The molecule has 0 saturated carbocycles. The zero-order valence-corrected chi connectivity index (χ0v) is 14.5. The fourth-order valence-electron chi connectivity index (χ4n) is 3.18. The van der Waals surface area contributed by atoms with E-state index in [0.717, 1.165) is 18.4 Å². The summed E-state index contributed by atoms with van der Waals surface area (Å²) in [5.41, 5.74) is 2.03. The lowest BCUT2D eigenvalue weighted by Crippen LogP contribution is -2.40. The molecular formula is C18H20ClN3O3. The van der Waals surface area contributed by atoms with E-state index >= 15 is 0 Å². The number of aromatic amines is 1. The van der Waals surface area contributed by atoms with Gasteiger partial charge in [0.2, 0.25) is 0 Å². The number of hydrogen-bond acceptors (Lipinski definition) is 3. The Morgan fingerprint density at radius 3 is 2.80 bits per heavy atom. The predicted octanol–water partition coefficient (Wildman–Crippen LogP) is 3.45. The van der Waals surface area contributed by atoms with Gasteiger partial charge in [-0.25, -0.2) is 0 Å². The van der Waals surface area contributed by atoms with Crippen LogP contribution in [0.1, 0.15) is 36.2 Å². The first-order valence-electron chi connectivity index (χ1n) is 8.35. The minimum absolute atomic E-state index is 0.0901. The van der Waals surface area contributed by atoms with E-state index in [-0.39, 0.29) is 18.2 Å². The van der Waals surface area contributed by atoms with Crippen molar-refractivity contribution in [1.82, 2.24) is 15.1 Å². The molecule has 1 saturated heterocycles. The minimum Gasteiger partial charge on any atom is -0.481 e. The van der Waals surface area contributed by atoms with Crippen LogP contribution in [0.5, 0.6) is 0 Å². The summed E-state index contributed by atoms with van der Waals surface area (Å²) in [7, 11) is 0. The van der Waals surface area contributed by atoms with Gasteiger partial charge in [-0.05, 0) is 43.4 Å². The van der Waals surface area contributed by atoms with Crippen molar-refractivity contribution < 1.29 is 14.7 Å². The fraction of sp³-hybridized carbons (Fsp3) is 0.389. The third kappa shape index (κ3) is 4.39. The van der Waals surface area contributed by atoms with Crippen LogP contribution < -0.4 is 0 Å². The Kier molecular flexibility index (Phi) is 5.38. The summed E-state index contributed by atoms with van der Waals surface area (Å²) >= 11 is 5.89. The number of carboxylic acids is 1. The molecule has 0 aliphatic carbocycles. The van der Waals surface area contributed by atoms with Gasteiger partial charge in [0, 0.05) is 30.1 Å². The highest BCUT2D eigenvalue weighted by molar-refractivity contribution is 6.30. The number of rotatable bonds is 5. The molecule has 1 aromatic heterocycles. The summed E-state index contributed by atoms with van der Waals surface area (Å²) in [6.45, 7) is 1.29. The maximum absolute atomic E-state index is 12.7. The Labute approximate surface area is 150 Å². The Hall–Kier alpha value is -2.34. The number of hydrogen-bond donors (Lipinski definition) is 2. The van der Waals surface area contributed by atoms with Crippen LogP contribution in [0.2, 0.25) is 5.02 Å². The average Bonchev–Trinajstić information content (AvgIpc) is 3.10. The molecule has 1 fully saturated rings. The molecule has 3 rings (SSSR count). The highest BCUT2D eigenvalue weighted by Crippen LogP contribution is 2.24. The molecule has 132 valence electrons. The first-order valence-corrected chi connectivity index (χ1v) is 8.73. The van der Waals surface area contributed by atoms with Crippen molar-refractivity contribution in [3.05, 3.63) is 41.0 Å². The number of piperidine rings is 1. The number of aromatic nitrogens is 2. The van der Waals surface area contributed by atoms with Gasteiger partial charge in [-0.15, -0.1) is 0 Å². The Balaban J connectivity index is 1.66. The molecule has 1 atom stereocenters. The summed E-state index contributed by atoms with van der Waals surface area (Å²) in [6, 6.07) is 9.02. The third-order valence-corrected chi connectivity index (χ3v) is 4.77. The number of likely N-dealkylation sites (tertiary alicyclic amines) is 1. The SMILES string of the molecule is O=C(O)CC[C@@H]1CCCN(C(=O)c2cc(-c3ccc(Cl)cc3)n[nH]2)C1. The maximum Gasteiger partial charge on any atom is 0.303 e. The van der Waals surface area contributed by atoms with Crippen LogP contribution in [-0.4, -0.2) is 45.2 Å². The number of carbonyl (C=O) groups is 2. The number of benzene rings is 1. The van der Waals surface area contributed by atoms with Crippen LogP contribution in [-0.2, 0) is 4.79 Å². The van der Waals surface area contributed by atoms with Crippen LogP contribution in [0.4, 0.5) is 0 Å². The van der Waals surface area contributed by atoms with Crippen LogP contribution in [0, 0.1) is 5.92 Å². The van der Waals surface area contributed by atoms with Crippen molar-refractivity contribution in [3.8, 4) is 11.3 Å². The Bertz CT molecular complexity index is 757. The first-order chi connectivity index (χ1) is 12.0. The van der Waals surface area contributed by atoms with E-state index in [2.05, 4.69) is 10.2 Å². The first kappa shape index (κ1) is 17.5. The van der Waals surface area contributed by atoms with Crippen molar-refractivity contribution in [1.29, 1.82) is 0 Å². The minimum atomic E-state index is -0.787. The molecule has 7 heteroatoms. The Morgan fingerprint density at radius 2 is 2.08 bits per heavy atom. The average molecular weight is 362 g/mol. The van der Waals surface area contributed by atoms with Crippen molar-refractivity contribution in [2.45, 2.75) is 25.7 Å². The van der Waals surface area contributed by atoms with Crippen LogP contribution >= 0.6 is 11.6 Å². The van der Waals surface area contributed by atoms with E-state index in [9.17, 15) is 9.59 Å². The van der Waals surface area contributed by atoms with E-state index in [4.69, 9.17) is 16.7 Å². The standard InChI is InChI=1S/C18H20ClN3O3/c19-14-6-4-13(5-7-14)15-10-16(21-20-15)18(25)22-9-1-2-12(11-22)3-8-17(23)24/h4-7,10,12H,1-3,8-9,11H2,(H,20,21)(H,23,24)/t12-/m0/s1. The van der Waals surface area contributed by atoms with Crippen molar-refractivity contribution in [3.63, 3.8) is 0 Å². The van der Waals surface area contributed by atoms with E-state index in [0.29, 0.717) is 35.9 Å². The summed E-state index contributed by atoms with van der Waals surface area (Å²) in [6.07, 6.45) is 2.62. The number of carbonyl (C=O) groups excluding carboxylic acids is 1. The van der Waals surface area contributed by atoms with Gasteiger partial charge in [0.1, 0.15) is 5.69 Å². The van der Waals surface area contributed by atoms with Crippen molar-refractivity contribution in [2.24, 2.45) is 5.92 Å². The number of nitrogens with zero attached hydrogens (tertiary/aromatic N) is 2. The monoisotopic (exact) mass is 361 g/mol. The lowest BCUT2D eigenvalue weighted by molar-refractivity contribution is -0.137. The smallest absolute Gasteiger partial charge is 0.303 e. The number of halogens is 1. The van der Waals surface area contributed by atoms with Gasteiger partial charge < -0.3 is 10.0 Å². The molecule has 1 aromatic carbocycles.